The molecule has 0 bridgehead atoms. The number of carbonyl (C=O) groups excluding carboxylic acids is 1. The molecule has 6 nitrogen and oxygen atoms in total. The monoisotopic (exact) mass is 397 g/mol. The predicted molar refractivity (Wildman–Crippen MR) is 113 cm³/mol. The van der Waals surface area contributed by atoms with Gasteiger partial charge in [-0.05, 0) is 64.0 Å². The fourth-order valence-corrected chi connectivity index (χ4v) is 3.83. The Bertz CT molecular complexity index is 1030. The maximum absolute atomic E-state index is 12.6. The molecule has 2 aromatic heterocycles. The highest BCUT2D eigenvalue weighted by Gasteiger charge is 2.16. The molecular weight excluding hydrogens is 370 g/mol. The van der Waals surface area contributed by atoms with Gasteiger partial charge < -0.3 is 5.32 Å². The van der Waals surface area contributed by atoms with E-state index in [-0.39, 0.29) is 11.9 Å². The Morgan fingerprint density at radius 2 is 1.96 bits per heavy atom. The van der Waals surface area contributed by atoms with Gasteiger partial charge in [-0.25, -0.2) is 9.50 Å². The summed E-state index contributed by atoms with van der Waals surface area (Å²) in [5.41, 5.74) is 6.50. The largest absolute Gasteiger partial charge is 0.350 e. The van der Waals surface area contributed by atoms with Gasteiger partial charge in [0, 0.05) is 17.8 Å². The number of benzene rings is 1. The second-order valence-corrected chi connectivity index (χ2v) is 7.99. The molecule has 3 aromatic rings. The Kier molecular flexibility index (Phi) is 6.03. The number of hydrogen-bond acceptors (Lipinski definition) is 5. The Labute approximate surface area is 170 Å². The van der Waals surface area contributed by atoms with Crippen molar-refractivity contribution in [2.24, 2.45) is 0 Å². The Balaban J connectivity index is 1.71. The Morgan fingerprint density at radius 3 is 2.68 bits per heavy atom. The molecule has 1 atom stereocenters. The molecular formula is C21H27N5OS. The van der Waals surface area contributed by atoms with Crippen LogP contribution in [0.1, 0.15) is 53.0 Å². The zero-order valence-corrected chi connectivity index (χ0v) is 18.1. The molecule has 148 valence electrons. The zero-order chi connectivity index (χ0) is 20.4. The van der Waals surface area contributed by atoms with Gasteiger partial charge in [0.25, 0.3) is 5.78 Å². The summed E-state index contributed by atoms with van der Waals surface area (Å²) in [5.74, 6) is 0.645. The van der Waals surface area contributed by atoms with E-state index in [1.807, 2.05) is 27.0 Å². The summed E-state index contributed by atoms with van der Waals surface area (Å²) in [4.78, 5) is 21.5. The second-order valence-electron chi connectivity index (χ2n) is 7.22. The molecule has 0 fully saturated rings. The van der Waals surface area contributed by atoms with Crippen LogP contribution < -0.4 is 5.32 Å². The molecule has 1 unspecified atom stereocenters. The van der Waals surface area contributed by atoms with Gasteiger partial charge in [-0.1, -0.05) is 35.5 Å². The molecule has 1 amide bonds. The van der Waals surface area contributed by atoms with Crippen LogP contribution in [0.3, 0.4) is 0 Å². The van der Waals surface area contributed by atoms with E-state index < -0.39 is 0 Å². The van der Waals surface area contributed by atoms with Crippen LogP contribution >= 0.6 is 11.8 Å². The number of aromatic nitrogens is 4. The molecule has 0 saturated heterocycles. The first-order valence-corrected chi connectivity index (χ1v) is 10.7. The minimum absolute atomic E-state index is 0.0188. The fourth-order valence-electron chi connectivity index (χ4n) is 3.49. The number of amides is 1. The molecule has 28 heavy (non-hydrogen) atoms. The first-order chi connectivity index (χ1) is 13.3. The third-order valence-corrected chi connectivity index (χ3v) is 5.63. The maximum Gasteiger partial charge on any atom is 0.253 e. The highest BCUT2D eigenvalue weighted by molar-refractivity contribution is 7.98. The third kappa shape index (κ3) is 4.19. The van der Waals surface area contributed by atoms with Crippen LogP contribution in [0.5, 0.6) is 0 Å². The molecule has 0 aliphatic heterocycles. The number of aryl methyl sites for hydroxylation is 4. The average molecular weight is 398 g/mol. The lowest BCUT2D eigenvalue weighted by molar-refractivity contribution is -0.121. The van der Waals surface area contributed by atoms with Crippen LogP contribution in [0.25, 0.3) is 5.78 Å². The Morgan fingerprint density at radius 1 is 1.21 bits per heavy atom. The van der Waals surface area contributed by atoms with Crippen LogP contribution in [0, 0.1) is 27.7 Å². The zero-order valence-electron chi connectivity index (χ0n) is 17.3. The number of thioether (sulfide) groups is 1. The number of rotatable bonds is 6. The SMILES string of the molecule is CSc1nc2nc(C)c(CCC(=O)NC(C)c3cc(C)ccc3C)c(C)n2n1. The van der Waals surface area contributed by atoms with Crippen LogP contribution in [-0.4, -0.2) is 31.7 Å². The summed E-state index contributed by atoms with van der Waals surface area (Å²) in [5, 5.41) is 8.30. The van der Waals surface area contributed by atoms with Crippen LogP contribution in [0.15, 0.2) is 23.4 Å². The maximum atomic E-state index is 12.6. The van der Waals surface area contributed by atoms with Gasteiger partial charge >= 0.3 is 0 Å². The standard InChI is InChI=1S/C21H27N5OS/c1-12-7-8-13(2)18(11-12)15(4)22-19(27)10-9-17-14(3)23-20-24-21(28-6)25-26(20)16(17)5/h7-8,11,15H,9-10H2,1-6H3,(H,22,27). The van der Waals surface area contributed by atoms with E-state index >= 15 is 0 Å². The molecule has 7 heteroatoms. The predicted octanol–water partition coefficient (Wildman–Crippen LogP) is 3.89. The summed E-state index contributed by atoms with van der Waals surface area (Å²) in [7, 11) is 0. The number of nitrogens with zero attached hydrogens (tertiary/aromatic N) is 4. The van der Waals surface area contributed by atoms with E-state index in [2.05, 4.69) is 52.4 Å². The molecule has 1 aromatic carbocycles. The van der Waals surface area contributed by atoms with Gasteiger partial charge in [0.1, 0.15) is 0 Å². The molecule has 0 aliphatic carbocycles. The van der Waals surface area contributed by atoms with Gasteiger partial charge in [0.15, 0.2) is 0 Å². The number of carbonyl (C=O) groups is 1. The van der Waals surface area contributed by atoms with E-state index in [4.69, 9.17) is 0 Å². The van der Waals surface area contributed by atoms with Crippen molar-refractivity contribution in [1.29, 1.82) is 0 Å². The van der Waals surface area contributed by atoms with E-state index in [0.717, 1.165) is 22.5 Å². The highest BCUT2D eigenvalue weighted by atomic mass is 32.2. The van der Waals surface area contributed by atoms with Crippen LogP contribution in [0.4, 0.5) is 0 Å². The highest BCUT2D eigenvalue weighted by Crippen LogP contribution is 2.20. The Hall–Kier alpha value is -2.41. The van der Waals surface area contributed by atoms with Crippen molar-refractivity contribution in [3.63, 3.8) is 0 Å². The molecule has 0 aliphatic rings. The van der Waals surface area contributed by atoms with Gasteiger partial charge in [0.05, 0.1) is 6.04 Å². The summed E-state index contributed by atoms with van der Waals surface area (Å²) < 4.78 is 1.77. The van der Waals surface area contributed by atoms with Gasteiger partial charge in [-0.15, -0.1) is 5.10 Å². The normalized spacial score (nSPS) is 12.4. The number of nitrogens with one attached hydrogen (secondary N) is 1. The van der Waals surface area contributed by atoms with Crippen molar-refractivity contribution in [2.75, 3.05) is 6.26 Å². The van der Waals surface area contributed by atoms with Gasteiger partial charge in [-0.3, -0.25) is 4.79 Å². The molecule has 1 N–H and O–H groups in total. The van der Waals surface area contributed by atoms with E-state index in [1.54, 1.807) is 4.52 Å². The average Bonchev–Trinajstić information content (AvgIpc) is 3.06. The molecule has 2 heterocycles. The van der Waals surface area contributed by atoms with E-state index in [0.29, 0.717) is 23.8 Å². The van der Waals surface area contributed by atoms with Crippen molar-refractivity contribution in [2.45, 2.75) is 58.7 Å². The summed E-state index contributed by atoms with van der Waals surface area (Å²) in [6.45, 7) is 10.1. The summed E-state index contributed by atoms with van der Waals surface area (Å²) in [6, 6.07) is 6.31. The topological polar surface area (TPSA) is 72.2 Å². The van der Waals surface area contributed by atoms with Gasteiger partial charge in [-0.2, -0.15) is 4.98 Å². The lowest BCUT2D eigenvalue weighted by Crippen LogP contribution is -2.27. The molecule has 0 saturated carbocycles. The van der Waals surface area contributed by atoms with E-state index in [1.165, 1.54) is 22.9 Å². The lowest BCUT2D eigenvalue weighted by Gasteiger charge is -2.18. The van der Waals surface area contributed by atoms with Crippen molar-refractivity contribution < 1.29 is 4.79 Å². The van der Waals surface area contributed by atoms with Crippen molar-refractivity contribution >= 4 is 23.4 Å². The minimum atomic E-state index is -0.0188. The third-order valence-electron chi connectivity index (χ3n) is 5.09. The van der Waals surface area contributed by atoms with Crippen molar-refractivity contribution in [3.05, 3.63) is 51.8 Å². The second kappa shape index (κ2) is 8.31. The quantitative estimate of drug-likeness (QED) is 0.639. The van der Waals surface area contributed by atoms with Crippen LogP contribution in [0.2, 0.25) is 0 Å². The number of hydrogen-bond donors (Lipinski definition) is 1. The van der Waals surface area contributed by atoms with Crippen LogP contribution in [-0.2, 0) is 11.2 Å². The van der Waals surface area contributed by atoms with E-state index in [9.17, 15) is 4.79 Å². The molecule has 0 radical (unpaired) electrons. The molecule has 3 rings (SSSR count). The van der Waals surface area contributed by atoms with Crippen molar-refractivity contribution in [1.82, 2.24) is 24.9 Å². The number of fused-ring (bicyclic) bond motifs is 1. The fraction of sp³-hybridized carbons (Fsp3) is 0.429. The molecule has 0 spiro atoms. The lowest BCUT2D eigenvalue weighted by atomic mass is 9.99. The smallest absolute Gasteiger partial charge is 0.253 e. The first kappa shape index (κ1) is 20.3. The van der Waals surface area contributed by atoms with Gasteiger partial charge in [0.2, 0.25) is 11.1 Å². The minimum Gasteiger partial charge on any atom is -0.350 e. The summed E-state index contributed by atoms with van der Waals surface area (Å²) >= 11 is 1.49. The van der Waals surface area contributed by atoms with Crippen molar-refractivity contribution in [3.8, 4) is 0 Å². The summed E-state index contributed by atoms with van der Waals surface area (Å²) in [6.07, 6.45) is 2.98. The first-order valence-electron chi connectivity index (χ1n) is 9.43.